The van der Waals surface area contributed by atoms with E-state index in [9.17, 15) is 14.7 Å². The van der Waals surface area contributed by atoms with Gasteiger partial charge in [-0.2, -0.15) is 0 Å². The van der Waals surface area contributed by atoms with Crippen molar-refractivity contribution in [1.82, 2.24) is 4.90 Å². The van der Waals surface area contributed by atoms with Crippen LogP contribution in [0.5, 0.6) is 0 Å². The number of imide groups is 1. The minimum Gasteiger partial charge on any atom is -0.465 e. The molecule has 2 saturated heterocycles. The van der Waals surface area contributed by atoms with Crippen molar-refractivity contribution >= 4 is 23.6 Å². The van der Waals surface area contributed by atoms with E-state index in [0.717, 1.165) is 24.2 Å². The van der Waals surface area contributed by atoms with Crippen LogP contribution >= 0.6 is 11.6 Å². The quantitative estimate of drug-likeness (QED) is 0.417. The minimum absolute atomic E-state index is 0.0249. The number of carbonyl (C=O) groups excluding carboxylic acids is 1. The molecule has 1 N–H and O–H groups in total. The van der Waals surface area contributed by atoms with Gasteiger partial charge in [0.25, 0.3) is 0 Å². The summed E-state index contributed by atoms with van der Waals surface area (Å²) in [6.45, 7) is 6.12. The zero-order valence-electron chi connectivity index (χ0n) is 16.2. The summed E-state index contributed by atoms with van der Waals surface area (Å²) in [6, 6.07) is 0. The number of methoxy groups -OCH3 is 1. The highest BCUT2D eigenvalue weighted by Gasteiger charge is 2.76. The fourth-order valence-electron chi connectivity index (χ4n) is 4.75. The highest BCUT2D eigenvalue weighted by Crippen LogP contribution is 2.62. The normalized spacial score (nSPS) is 39.7. The number of nitrogens with zero attached hydrogens (tertiary/aromatic N) is 1. The SMILES string of the molecule is COC1CCCC2(OC2N(C(=O)O)C(=O)CCl)C1C1(C)OC1CC=C(C)C. The molecule has 2 heterocycles. The van der Waals surface area contributed by atoms with Crippen LogP contribution in [0.25, 0.3) is 0 Å². The third-order valence-electron chi connectivity index (χ3n) is 6.11. The highest BCUT2D eigenvalue weighted by molar-refractivity contribution is 6.28. The molecule has 3 aliphatic rings. The summed E-state index contributed by atoms with van der Waals surface area (Å²) in [6.07, 6.45) is 3.00. The number of amides is 2. The predicted octanol–water partition coefficient (Wildman–Crippen LogP) is 3.16. The van der Waals surface area contributed by atoms with Gasteiger partial charge in [-0.1, -0.05) is 11.6 Å². The van der Waals surface area contributed by atoms with Gasteiger partial charge in [-0.25, -0.2) is 9.69 Å². The van der Waals surface area contributed by atoms with Gasteiger partial charge in [-0.3, -0.25) is 4.79 Å². The van der Waals surface area contributed by atoms with E-state index in [4.69, 9.17) is 25.8 Å². The number of alkyl halides is 1. The van der Waals surface area contributed by atoms with Gasteiger partial charge in [0, 0.05) is 7.11 Å². The van der Waals surface area contributed by atoms with E-state index in [1.165, 1.54) is 5.57 Å². The van der Waals surface area contributed by atoms with Crippen molar-refractivity contribution < 1.29 is 28.9 Å². The number of rotatable bonds is 6. The van der Waals surface area contributed by atoms with E-state index >= 15 is 0 Å². The second kappa shape index (κ2) is 7.35. The predicted molar refractivity (Wildman–Crippen MR) is 98.7 cm³/mol. The molecule has 27 heavy (non-hydrogen) atoms. The lowest BCUT2D eigenvalue weighted by molar-refractivity contribution is -0.128. The van der Waals surface area contributed by atoms with Crippen molar-refractivity contribution in [2.45, 2.75) is 76.1 Å². The largest absolute Gasteiger partial charge is 0.465 e. The molecule has 0 aromatic carbocycles. The molecule has 8 heteroatoms. The molecule has 1 aliphatic carbocycles. The number of hydrogen-bond acceptors (Lipinski definition) is 5. The molecule has 1 saturated carbocycles. The Labute approximate surface area is 164 Å². The first-order valence-corrected chi connectivity index (χ1v) is 9.87. The Hall–Kier alpha value is -1.15. The third-order valence-corrected chi connectivity index (χ3v) is 6.34. The molecule has 2 aliphatic heterocycles. The van der Waals surface area contributed by atoms with Crippen LogP contribution in [0.15, 0.2) is 11.6 Å². The Balaban J connectivity index is 1.87. The minimum atomic E-state index is -1.34. The standard InChI is InChI=1S/C19H28ClNO6/c1-11(2)7-8-13-18(3,26-13)15-12(25-4)6-5-9-19(15)16(27-19)21(17(23)24)14(22)10-20/h7,12-13,15-16H,5-6,8-10H2,1-4H3,(H,23,24). The van der Waals surface area contributed by atoms with E-state index in [2.05, 4.69) is 6.08 Å². The Kier molecular flexibility index (Phi) is 5.60. The average Bonchev–Trinajstić information content (AvgIpc) is 3.49. The van der Waals surface area contributed by atoms with Gasteiger partial charge in [0.1, 0.15) is 17.1 Å². The van der Waals surface area contributed by atoms with E-state index in [-0.39, 0.29) is 18.1 Å². The van der Waals surface area contributed by atoms with Crippen molar-refractivity contribution in [2.24, 2.45) is 5.92 Å². The van der Waals surface area contributed by atoms with Crippen LogP contribution in [-0.4, -0.2) is 64.6 Å². The van der Waals surface area contributed by atoms with Crippen molar-refractivity contribution in [3.63, 3.8) is 0 Å². The van der Waals surface area contributed by atoms with Crippen molar-refractivity contribution in [3.8, 4) is 0 Å². The number of epoxide rings is 2. The van der Waals surface area contributed by atoms with Crippen molar-refractivity contribution in [1.29, 1.82) is 0 Å². The second-order valence-electron chi connectivity index (χ2n) is 8.06. The van der Waals surface area contributed by atoms with Crippen molar-refractivity contribution in [2.75, 3.05) is 13.0 Å². The lowest BCUT2D eigenvalue weighted by Gasteiger charge is -2.39. The third kappa shape index (κ3) is 3.50. The molecule has 0 aromatic heterocycles. The Morgan fingerprint density at radius 1 is 1.37 bits per heavy atom. The molecule has 1 spiro atoms. The Bertz CT molecular complexity index is 650. The van der Waals surface area contributed by atoms with Crippen LogP contribution in [0.2, 0.25) is 0 Å². The average molecular weight is 402 g/mol. The highest BCUT2D eigenvalue weighted by atomic mass is 35.5. The molecule has 152 valence electrons. The van der Waals surface area contributed by atoms with E-state index < -0.39 is 35.3 Å². The lowest BCUT2D eigenvalue weighted by atomic mass is 9.68. The van der Waals surface area contributed by atoms with Gasteiger partial charge in [0.05, 0.1) is 18.1 Å². The molecule has 7 nitrogen and oxygen atoms in total. The molecule has 0 radical (unpaired) electrons. The van der Waals surface area contributed by atoms with Crippen LogP contribution in [0.4, 0.5) is 4.79 Å². The molecule has 2 amide bonds. The molecular formula is C19H28ClNO6. The summed E-state index contributed by atoms with van der Waals surface area (Å²) in [7, 11) is 1.66. The van der Waals surface area contributed by atoms with Crippen LogP contribution in [0.3, 0.4) is 0 Å². The Morgan fingerprint density at radius 3 is 2.63 bits per heavy atom. The number of halogens is 1. The van der Waals surface area contributed by atoms with Gasteiger partial charge in [0.2, 0.25) is 5.91 Å². The first kappa shape index (κ1) is 20.6. The van der Waals surface area contributed by atoms with Gasteiger partial charge >= 0.3 is 6.09 Å². The van der Waals surface area contributed by atoms with E-state index in [1.807, 2.05) is 20.8 Å². The second-order valence-corrected chi connectivity index (χ2v) is 8.32. The van der Waals surface area contributed by atoms with Gasteiger partial charge in [-0.05, 0) is 46.5 Å². The first-order chi connectivity index (χ1) is 12.7. The van der Waals surface area contributed by atoms with Crippen LogP contribution in [-0.2, 0) is 19.0 Å². The molecule has 6 unspecified atom stereocenters. The Morgan fingerprint density at radius 2 is 2.07 bits per heavy atom. The van der Waals surface area contributed by atoms with Crippen molar-refractivity contribution in [3.05, 3.63) is 11.6 Å². The number of hydrogen-bond donors (Lipinski definition) is 1. The summed E-state index contributed by atoms with van der Waals surface area (Å²) in [4.78, 5) is 24.5. The number of allylic oxidation sites excluding steroid dienone is 1. The maximum absolute atomic E-state index is 12.1. The zero-order chi connectivity index (χ0) is 20.0. The number of ether oxygens (including phenoxy) is 3. The summed E-state index contributed by atoms with van der Waals surface area (Å²) < 4.78 is 17.8. The smallest absolute Gasteiger partial charge is 0.416 e. The summed E-state index contributed by atoms with van der Waals surface area (Å²) in [5.74, 6) is -1.24. The lowest BCUT2D eigenvalue weighted by Crippen LogP contribution is -2.53. The van der Waals surface area contributed by atoms with E-state index in [1.54, 1.807) is 7.11 Å². The maximum Gasteiger partial charge on any atom is 0.416 e. The fraction of sp³-hybridized carbons (Fsp3) is 0.789. The summed E-state index contributed by atoms with van der Waals surface area (Å²) in [5.41, 5.74) is -0.0245. The van der Waals surface area contributed by atoms with Gasteiger partial charge in [0.15, 0.2) is 6.23 Å². The van der Waals surface area contributed by atoms with Crippen LogP contribution in [0.1, 0.15) is 46.5 Å². The molecular weight excluding hydrogens is 374 g/mol. The van der Waals surface area contributed by atoms with Gasteiger partial charge in [-0.15, -0.1) is 11.6 Å². The first-order valence-electron chi connectivity index (χ1n) is 9.34. The molecule has 3 rings (SSSR count). The van der Waals surface area contributed by atoms with Crippen LogP contribution in [0, 0.1) is 5.92 Å². The molecule has 3 fully saturated rings. The van der Waals surface area contributed by atoms with Gasteiger partial charge < -0.3 is 19.3 Å². The fourth-order valence-corrected chi connectivity index (χ4v) is 4.88. The summed E-state index contributed by atoms with van der Waals surface area (Å²) in [5, 5.41) is 9.52. The maximum atomic E-state index is 12.1. The number of carbonyl (C=O) groups is 2. The molecule has 0 aromatic rings. The monoisotopic (exact) mass is 401 g/mol. The zero-order valence-corrected chi connectivity index (χ0v) is 17.0. The van der Waals surface area contributed by atoms with E-state index in [0.29, 0.717) is 6.42 Å². The topological polar surface area (TPSA) is 91.9 Å². The number of carboxylic acid groups (broad SMARTS) is 1. The molecule has 0 bridgehead atoms. The summed E-state index contributed by atoms with van der Waals surface area (Å²) >= 11 is 5.61. The molecule has 6 atom stereocenters. The van der Waals surface area contributed by atoms with Crippen LogP contribution < -0.4 is 0 Å².